The van der Waals surface area contributed by atoms with Crippen LogP contribution in [0.4, 0.5) is 0 Å². The lowest BCUT2D eigenvalue weighted by molar-refractivity contribution is -0.121. The number of hydrogen-bond acceptors (Lipinski definition) is 4. The van der Waals surface area contributed by atoms with Crippen LogP contribution in [0.15, 0.2) is 13.6 Å². The molecule has 0 aromatic carbocycles. The molecule has 1 aliphatic rings. The second kappa shape index (κ2) is 5.81. The van der Waals surface area contributed by atoms with E-state index in [2.05, 4.69) is 31.9 Å². The van der Waals surface area contributed by atoms with Gasteiger partial charge in [-0.1, -0.05) is 0 Å². The zero-order valence-corrected chi connectivity index (χ0v) is 13.5. The molecule has 1 unspecified atom stereocenters. The van der Waals surface area contributed by atoms with E-state index in [-0.39, 0.29) is 17.6 Å². The van der Waals surface area contributed by atoms with E-state index in [0.29, 0.717) is 18.7 Å². The normalized spacial score (nSPS) is 20.2. The van der Waals surface area contributed by atoms with Crippen LogP contribution >= 0.6 is 43.2 Å². The molecule has 0 bridgehead atoms. The Bertz CT molecular complexity index is 489. The molecule has 2 N–H and O–H groups in total. The number of halogens is 2. The van der Waals surface area contributed by atoms with Crippen molar-refractivity contribution >= 4 is 54.9 Å². The zero-order valence-electron chi connectivity index (χ0n) is 9.49. The highest BCUT2D eigenvalue weighted by molar-refractivity contribution is 9.12. The number of thiophene rings is 1. The summed E-state index contributed by atoms with van der Waals surface area (Å²) in [5, 5.41) is 0. The van der Waals surface area contributed by atoms with E-state index < -0.39 is 0 Å². The van der Waals surface area contributed by atoms with Gasteiger partial charge in [0.15, 0.2) is 5.78 Å². The van der Waals surface area contributed by atoms with Gasteiger partial charge in [-0.2, -0.15) is 0 Å². The quantitative estimate of drug-likeness (QED) is 0.795. The standard InChI is InChI=1S/C11H12Br2N2O2S/c12-9-3-7(10(13)18-9)8(16)5-15-2-1-6(4-15)11(14)17/h3,6H,1-2,4-5H2,(H2,14,17). The van der Waals surface area contributed by atoms with E-state index in [9.17, 15) is 9.59 Å². The van der Waals surface area contributed by atoms with Gasteiger partial charge in [-0.15, -0.1) is 11.3 Å². The second-order valence-corrected chi connectivity index (χ2v) is 8.03. The van der Waals surface area contributed by atoms with E-state index in [1.54, 1.807) is 0 Å². The molecule has 2 rings (SSSR count). The first-order valence-electron chi connectivity index (χ1n) is 5.47. The lowest BCUT2D eigenvalue weighted by Crippen LogP contribution is -2.30. The molecule has 1 saturated heterocycles. The van der Waals surface area contributed by atoms with Crippen LogP contribution in [-0.2, 0) is 4.79 Å². The van der Waals surface area contributed by atoms with Crippen LogP contribution in [0.2, 0.25) is 0 Å². The molecule has 1 amide bonds. The van der Waals surface area contributed by atoms with Crippen molar-refractivity contribution in [3.8, 4) is 0 Å². The molecule has 0 radical (unpaired) electrons. The number of nitrogens with zero attached hydrogens (tertiary/aromatic N) is 1. The Hall–Kier alpha value is -0.240. The van der Waals surface area contributed by atoms with Crippen molar-refractivity contribution in [2.45, 2.75) is 6.42 Å². The highest BCUT2D eigenvalue weighted by Crippen LogP contribution is 2.32. The molecular formula is C11H12Br2N2O2S. The van der Waals surface area contributed by atoms with Crippen LogP contribution in [0.3, 0.4) is 0 Å². The number of carbonyl (C=O) groups excluding carboxylic acids is 2. The van der Waals surface area contributed by atoms with E-state index in [1.165, 1.54) is 11.3 Å². The highest BCUT2D eigenvalue weighted by Gasteiger charge is 2.28. The number of primary amides is 1. The second-order valence-electron chi connectivity index (χ2n) is 4.28. The van der Waals surface area contributed by atoms with Crippen molar-refractivity contribution in [3.63, 3.8) is 0 Å². The summed E-state index contributed by atoms with van der Waals surface area (Å²) in [6.45, 7) is 1.68. The van der Waals surface area contributed by atoms with Gasteiger partial charge in [-0.05, 0) is 50.9 Å². The van der Waals surface area contributed by atoms with Crippen molar-refractivity contribution in [1.29, 1.82) is 0 Å². The molecule has 4 nitrogen and oxygen atoms in total. The molecule has 1 aromatic heterocycles. The average Bonchev–Trinajstić information content (AvgIpc) is 2.85. The fourth-order valence-corrected chi connectivity index (χ4v) is 4.88. The maximum absolute atomic E-state index is 12.1. The smallest absolute Gasteiger partial charge is 0.221 e. The predicted octanol–water partition coefficient (Wildman–Crippen LogP) is 2.26. The lowest BCUT2D eigenvalue weighted by atomic mass is 10.1. The number of hydrogen-bond donors (Lipinski definition) is 1. The molecule has 1 fully saturated rings. The number of amides is 1. The van der Waals surface area contributed by atoms with E-state index in [0.717, 1.165) is 20.5 Å². The molecule has 0 spiro atoms. The molecule has 2 heterocycles. The molecule has 7 heteroatoms. The Morgan fingerprint density at radius 3 is 2.72 bits per heavy atom. The molecule has 0 saturated carbocycles. The maximum atomic E-state index is 12.1. The number of nitrogens with two attached hydrogens (primary N) is 1. The molecule has 1 atom stereocenters. The fraction of sp³-hybridized carbons (Fsp3) is 0.455. The largest absolute Gasteiger partial charge is 0.369 e. The lowest BCUT2D eigenvalue weighted by Gasteiger charge is -2.13. The van der Waals surface area contributed by atoms with Crippen molar-refractivity contribution in [3.05, 3.63) is 19.2 Å². The summed E-state index contributed by atoms with van der Waals surface area (Å²) in [7, 11) is 0. The zero-order chi connectivity index (χ0) is 13.3. The number of ketones is 1. The van der Waals surface area contributed by atoms with Gasteiger partial charge in [0.05, 0.1) is 20.0 Å². The van der Waals surface area contributed by atoms with Crippen molar-refractivity contribution in [2.24, 2.45) is 11.7 Å². The Morgan fingerprint density at radius 2 is 2.22 bits per heavy atom. The average molecular weight is 396 g/mol. The van der Waals surface area contributed by atoms with Gasteiger partial charge in [-0.3, -0.25) is 14.5 Å². The summed E-state index contributed by atoms with van der Waals surface area (Å²) < 4.78 is 1.76. The van der Waals surface area contributed by atoms with Gasteiger partial charge in [0, 0.05) is 12.1 Å². The molecular weight excluding hydrogens is 384 g/mol. The minimum atomic E-state index is -0.274. The number of likely N-dealkylation sites (tertiary alicyclic amines) is 1. The third-order valence-corrected chi connectivity index (χ3v) is 5.34. The van der Waals surface area contributed by atoms with E-state index >= 15 is 0 Å². The number of Topliss-reactive ketones (excluding diaryl/α,β-unsaturated/α-hetero) is 1. The van der Waals surface area contributed by atoms with Gasteiger partial charge < -0.3 is 5.73 Å². The van der Waals surface area contributed by atoms with E-state index in [1.807, 2.05) is 11.0 Å². The van der Waals surface area contributed by atoms with Gasteiger partial charge >= 0.3 is 0 Å². The number of rotatable bonds is 4. The van der Waals surface area contributed by atoms with Crippen molar-refractivity contribution in [1.82, 2.24) is 4.90 Å². The SMILES string of the molecule is NC(=O)C1CCN(CC(=O)c2cc(Br)sc2Br)C1. The maximum Gasteiger partial charge on any atom is 0.221 e. The minimum absolute atomic E-state index is 0.0638. The van der Waals surface area contributed by atoms with Crippen molar-refractivity contribution in [2.75, 3.05) is 19.6 Å². The summed E-state index contributed by atoms with van der Waals surface area (Å²) >= 11 is 8.21. The van der Waals surface area contributed by atoms with Gasteiger partial charge in [0.25, 0.3) is 0 Å². The van der Waals surface area contributed by atoms with Crippen LogP contribution in [0.5, 0.6) is 0 Å². The summed E-state index contributed by atoms with van der Waals surface area (Å²) in [5.41, 5.74) is 5.96. The summed E-state index contributed by atoms with van der Waals surface area (Å²) in [6, 6.07) is 1.82. The number of carbonyl (C=O) groups is 2. The molecule has 1 aliphatic heterocycles. The van der Waals surface area contributed by atoms with Crippen molar-refractivity contribution < 1.29 is 9.59 Å². The van der Waals surface area contributed by atoms with Crippen LogP contribution in [-0.4, -0.2) is 36.2 Å². The third kappa shape index (κ3) is 3.20. The Morgan fingerprint density at radius 1 is 1.50 bits per heavy atom. The summed E-state index contributed by atoms with van der Waals surface area (Å²) in [5.74, 6) is -0.325. The van der Waals surface area contributed by atoms with Crippen LogP contribution in [0.25, 0.3) is 0 Å². The Kier molecular flexibility index (Phi) is 4.58. The van der Waals surface area contributed by atoms with Gasteiger partial charge in [0.2, 0.25) is 5.91 Å². The van der Waals surface area contributed by atoms with Gasteiger partial charge in [-0.25, -0.2) is 0 Å². The minimum Gasteiger partial charge on any atom is -0.369 e. The van der Waals surface area contributed by atoms with Crippen LogP contribution in [0.1, 0.15) is 16.8 Å². The first-order chi connectivity index (χ1) is 8.47. The monoisotopic (exact) mass is 394 g/mol. The predicted molar refractivity (Wildman–Crippen MR) is 77.8 cm³/mol. The molecule has 18 heavy (non-hydrogen) atoms. The highest BCUT2D eigenvalue weighted by atomic mass is 79.9. The van der Waals surface area contributed by atoms with Crippen LogP contribution < -0.4 is 5.73 Å². The summed E-state index contributed by atoms with van der Waals surface area (Å²) in [6.07, 6.45) is 0.747. The topological polar surface area (TPSA) is 63.4 Å². The van der Waals surface area contributed by atoms with Crippen LogP contribution in [0, 0.1) is 5.92 Å². The first kappa shape index (κ1) is 14.2. The van der Waals surface area contributed by atoms with Gasteiger partial charge in [0.1, 0.15) is 0 Å². The third-order valence-electron chi connectivity index (χ3n) is 3.00. The molecule has 0 aliphatic carbocycles. The molecule has 1 aromatic rings. The first-order valence-corrected chi connectivity index (χ1v) is 7.87. The Labute approximate surface area is 126 Å². The fourth-order valence-electron chi connectivity index (χ4n) is 2.03. The van der Waals surface area contributed by atoms with E-state index in [4.69, 9.17) is 5.73 Å². The molecule has 98 valence electrons. The Balaban J connectivity index is 1.97. The summed E-state index contributed by atoms with van der Waals surface area (Å²) in [4.78, 5) is 25.2.